The Morgan fingerprint density at radius 1 is 1.39 bits per heavy atom. The maximum Gasteiger partial charge on any atom is 0.137 e. The van der Waals surface area contributed by atoms with Crippen LogP contribution in [0.3, 0.4) is 0 Å². The Morgan fingerprint density at radius 3 is 2.56 bits per heavy atom. The van der Waals surface area contributed by atoms with Crippen LogP contribution in [0.15, 0.2) is 24.3 Å². The number of nitrogens with zero attached hydrogens (tertiary/aromatic N) is 1. The Kier molecular flexibility index (Phi) is 3.84. The van der Waals surface area contributed by atoms with Crippen LogP contribution >= 0.6 is 0 Å². The zero-order chi connectivity index (χ0) is 13.1. The number of benzene rings is 1. The molecule has 0 saturated carbocycles. The van der Waals surface area contributed by atoms with Crippen molar-refractivity contribution in [2.24, 2.45) is 0 Å². The van der Waals surface area contributed by atoms with Gasteiger partial charge in [0.05, 0.1) is 12.7 Å². The summed E-state index contributed by atoms with van der Waals surface area (Å²) >= 11 is 0. The molecule has 0 aliphatic carbocycles. The highest BCUT2D eigenvalue weighted by molar-refractivity contribution is 5.62. The van der Waals surface area contributed by atoms with Gasteiger partial charge in [0.25, 0.3) is 0 Å². The van der Waals surface area contributed by atoms with Crippen LogP contribution in [-0.4, -0.2) is 40.4 Å². The molecule has 1 aliphatic rings. The van der Waals surface area contributed by atoms with Crippen molar-refractivity contribution < 1.29 is 20.1 Å². The average molecular weight is 250 g/mol. The normalized spacial score (nSPS) is 24.0. The molecule has 5 heteroatoms. The zero-order valence-electron chi connectivity index (χ0n) is 9.95. The summed E-state index contributed by atoms with van der Waals surface area (Å²) in [6.45, 7) is 0.465. The van der Waals surface area contributed by atoms with Gasteiger partial charge in [0.2, 0.25) is 0 Å². The van der Waals surface area contributed by atoms with Crippen molar-refractivity contribution in [1.29, 1.82) is 0 Å². The van der Waals surface area contributed by atoms with E-state index in [0.717, 1.165) is 16.0 Å². The number of amides is 1. The SMILES string of the molecule is O=C([O-])N1CCC(c2ccc(CO)cc2)C(O)C1. The standard InChI is InChI=1S/C13H17NO4/c15-8-9-1-3-10(4-2-9)11-5-6-14(13(17)18)7-12(11)16/h1-4,11-12,15-16H,5-8H2,(H,17,18)/p-1. The van der Waals surface area contributed by atoms with Crippen LogP contribution in [0.2, 0.25) is 0 Å². The lowest BCUT2D eigenvalue weighted by Crippen LogP contribution is -2.50. The van der Waals surface area contributed by atoms with Gasteiger partial charge in [0, 0.05) is 19.0 Å². The van der Waals surface area contributed by atoms with Crippen LogP contribution in [0.5, 0.6) is 0 Å². The first-order chi connectivity index (χ1) is 8.61. The van der Waals surface area contributed by atoms with E-state index in [9.17, 15) is 15.0 Å². The predicted molar refractivity (Wildman–Crippen MR) is 62.7 cm³/mol. The van der Waals surface area contributed by atoms with Crippen LogP contribution in [0, 0.1) is 0 Å². The van der Waals surface area contributed by atoms with Crippen molar-refractivity contribution in [3.05, 3.63) is 35.4 Å². The van der Waals surface area contributed by atoms with Crippen molar-refractivity contribution in [1.82, 2.24) is 4.90 Å². The molecule has 2 unspecified atom stereocenters. The molecule has 2 atom stereocenters. The Labute approximate surface area is 105 Å². The molecule has 1 heterocycles. The van der Waals surface area contributed by atoms with Crippen LogP contribution in [-0.2, 0) is 6.61 Å². The van der Waals surface area contributed by atoms with Crippen molar-refractivity contribution in [2.75, 3.05) is 13.1 Å². The molecule has 1 fully saturated rings. The fourth-order valence-corrected chi connectivity index (χ4v) is 2.36. The Morgan fingerprint density at radius 2 is 2.06 bits per heavy atom. The van der Waals surface area contributed by atoms with E-state index < -0.39 is 12.2 Å². The van der Waals surface area contributed by atoms with Gasteiger partial charge in [-0.15, -0.1) is 0 Å². The number of β-amino-alcohol motifs (C(OH)–C–C–N with tert-alkyl or cyclic N) is 1. The van der Waals surface area contributed by atoms with E-state index in [1.807, 2.05) is 24.3 Å². The summed E-state index contributed by atoms with van der Waals surface area (Å²) in [5.74, 6) is -0.0617. The number of hydrogen-bond acceptors (Lipinski definition) is 4. The van der Waals surface area contributed by atoms with Gasteiger partial charge in [-0.2, -0.15) is 0 Å². The first-order valence-electron chi connectivity index (χ1n) is 5.95. The summed E-state index contributed by atoms with van der Waals surface area (Å²) in [5, 5.41) is 29.6. The minimum absolute atomic E-state index is 0.00797. The molecule has 1 saturated heterocycles. The second-order valence-electron chi connectivity index (χ2n) is 4.57. The average Bonchev–Trinajstić information content (AvgIpc) is 2.38. The fourth-order valence-electron chi connectivity index (χ4n) is 2.36. The molecule has 0 radical (unpaired) electrons. The topological polar surface area (TPSA) is 83.8 Å². The molecular formula is C13H16NO4-. The Hall–Kier alpha value is -1.59. The summed E-state index contributed by atoms with van der Waals surface area (Å²) in [7, 11) is 0. The van der Waals surface area contributed by atoms with Crippen molar-refractivity contribution in [2.45, 2.75) is 25.0 Å². The summed E-state index contributed by atoms with van der Waals surface area (Å²) in [6.07, 6.45) is -1.37. The maximum atomic E-state index is 10.7. The van der Waals surface area contributed by atoms with E-state index in [-0.39, 0.29) is 19.1 Å². The number of piperidine rings is 1. The molecule has 1 amide bonds. The lowest BCUT2D eigenvalue weighted by Gasteiger charge is -2.37. The molecule has 0 aromatic heterocycles. The van der Waals surface area contributed by atoms with Gasteiger partial charge in [-0.3, -0.25) is 0 Å². The van der Waals surface area contributed by atoms with Gasteiger partial charge in [-0.05, 0) is 17.5 Å². The third kappa shape index (κ3) is 2.63. The smallest absolute Gasteiger partial charge is 0.137 e. The largest absolute Gasteiger partial charge is 0.530 e. The quantitative estimate of drug-likeness (QED) is 0.753. The molecule has 2 N–H and O–H groups in total. The molecule has 1 aromatic carbocycles. The number of carboxylic acid groups (broad SMARTS) is 1. The van der Waals surface area contributed by atoms with Crippen LogP contribution in [0.1, 0.15) is 23.5 Å². The van der Waals surface area contributed by atoms with Gasteiger partial charge in [0.15, 0.2) is 0 Å². The second-order valence-corrected chi connectivity index (χ2v) is 4.57. The highest BCUT2D eigenvalue weighted by atomic mass is 16.4. The first kappa shape index (κ1) is 12.9. The van der Waals surface area contributed by atoms with Crippen molar-refractivity contribution >= 4 is 6.09 Å². The molecule has 1 aliphatic heterocycles. The van der Waals surface area contributed by atoms with Gasteiger partial charge in [-0.25, -0.2) is 0 Å². The van der Waals surface area contributed by atoms with Crippen molar-refractivity contribution in [3.8, 4) is 0 Å². The predicted octanol–water partition coefficient (Wildman–Crippen LogP) is -0.328. The number of aliphatic hydroxyl groups excluding tert-OH is 2. The second kappa shape index (κ2) is 5.37. The van der Waals surface area contributed by atoms with E-state index in [4.69, 9.17) is 5.11 Å². The molecule has 98 valence electrons. The fraction of sp³-hybridized carbons (Fsp3) is 0.462. The minimum atomic E-state index is -1.23. The highest BCUT2D eigenvalue weighted by Crippen LogP contribution is 2.28. The van der Waals surface area contributed by atoms with E-state index in [2.05, 4.69) is 0 Å². The Balaban J connectivity index is 2.07. The first-order valence-corrected chi connectivity index (χ1v) is 5.95. The van der Waals surface area contributed by atoms with E-state index >= 15 is 0 Å². The third-order valence-electron chi connectivity index (χ3n) is 3.43. The van der Waals surface area contributed by atoms with Gasteiger partial charge in [-0.1, -0.05) is 24.3 Å². The van der Waals surface area contributed by atoms with E-state index in [0.29, 0.717) is 13.0 Å². The van der Waals surface area contributed by atoms with E-state index in [1.165, 1.54) is 0 Å². The van der Waals surface area contributed by atoms with E-state index in [1.54, 1.807) is 0 Å². The Bertz CT molecular complexity index is 418. The molecule has 5 nitrogen and oxygen atoms in total. The number of carbonyl (C=O) groups excluding carboxylic acids is 1. The molecule has 0 bridgehead atoms. The van der Waals surface area contributed by atoms with Crippen molar-refractivity contribution in [3.63, 3.8) is 0 Å². The zero-order valence-corrected chi connectivity index (χ0v) is 9.95. The van der Waals surface area contributed by atoms with Crippen LogP contribution < -0.4 is 5.11 Å². The number of hydrogen-bond donors (Lipinski definition) is 2. The molecule has 0 spiro atoms. The molecule has 18 heavy (non-hydrogen) atoms. The van der Waals surface area contributed by atoms with Gasteiger partial charge in [0.1, 0.15) is 6.09 Å². The number of aliphatic hydroxyl groups is 2. The van der Waals surface area contributed by atoms with Crippen LogP contribution in [0.4, 0.5) is 4.79 Å². The molecular weight excluding hydrogens is 234 g/mol. The monoisotopic (exact) mass is 250 g/mol. The minimum Gasteiger partial charge on any atom is -0.530 e. The third-order valence-corrected chi connectivity index (χ3v) is 3.43. The van der Waals surface area contributed by atoms with Gasteiger partial charge < -0.3 is 25.0 Å². The summed E-state index contributed by atoms with van der Waals surface area (Å²) in [4.78, 5) is 11.8. The molecule has 2 rings (SSSR count). The van der Waals surface area contributed by atoms with Crippen LogP contribution in [0.25, 0.3) is 0 Å². The van der Waals surface area contributed by atoms with Gasteiger partial charge >= 0.3 is 0 Å². The highest BCUT2D eigenvalue weighted by Gasteiger charge is 2.28. The summed E-state index contributed by atoms with van der Waals surface area (Å²) < 4.78 is 0. The summed E-state index contributed by atoms with van der Waals surface area (Å²) in [6, 6.07) is 7.36. The lowest BCUT2D eigenvalue weighted by molar-refractivity contribution is -0.268. The number of rotatable bonds is 2. The molecule has 1 aromatic rings. The maximum absolute atomic E-state index is 10.7. The summed E-state index contributed by atoms with van der Waals surface area (Å²) in [5.41, 5.74) is 1.79. The number of carbonyl (C=O) groups is 1. The number of likely N-dealkylation sites (tertiary alicyclic amines) is 1. The lowest BCUT2D eigenvalue weighted by atomic mass is 9.87.